The molecule has 37 heavy (non-hydrogen) atoms. The van der Waals surface area contributed by atoms with E-state index in [0.717, 1.165) is 33.7 Å². The Morgan fingerprint density at radius 1 is 0.973 bits per heavy atom. The van der Waals surface area contributed by atoms with Gasteiger partial charge in [-0.1, -0.05) is 43.7 Å². The van der Waals surface area contributed by atoms with Crippen LogP contribution in [0.2, 0.25) is 0 Å². The van der Waals surface area contributed by atoms with E-state index in [2.05, 4.69) is 33.0 Å². The molecule has 0 amide bonds. The second-order valence-corrected chi connectivity index (χ2v) is 15.1. The minimum absolute atomic E-state index is 0.0756. The van der Waals surface area contributed by atoms with Gasteiger partial charge in [-0.3, -0.25) is 0 Å². The Bertz CT molecular complexity index is 1110. The van der Waals surface area contributed by atoms with Gasteiger partial charge in [-0.2, -0.15) is 0 Å². The van der Waals surface area contributed by atoms with Crippen molar-refractivity contribution < 1.29 is 22.6 Å². The van der Waals surface area contributed by atoms with E-state index < -0.39 is 10.1 Å². The Morgan fingerprint density at radius 3 is 2.30 bits per heavy atom. The number of rotatable bonds is 2. The molecule has 206 valence electrons. The van der Waals surface area contributed by atoms with E-state index in [9.17, 15) is 18.1 Å². The molecule has 1 aliphatic heterocycles. The van der Waals surface area contributed by atoms with Crippen molar-refractivity contribution in [3.63, 3.8) is 0 Å². The van der Waals surface area contributed by atoms with Crippen LogP contribution < -0.4 is 0 Å². The smallest absolute Gasteiger partial charge is 0.124 e. The van der Waals surface area contributed by atoms with Gasteiger partial charge in [0, 0.05) is 24.7 Å². The van der Waals surface area contributed by atoms with E-state index in [4.69, 9.17) is 0 Å². The van der Waals surface area contributed by atoms with Crippen LogP contribution in [0.5, 0.6) is 0 Å². The summed E-state index contributed by atoms with van der Waals surface area (Å²) in [6, 6.07) is 6.29. The van der Waals surface area contributed by atoms with Crippen LogP contribution in [0.1, 0.15) is 77.2 Å². The van der Waals surface area contributed by atoms with Crippen molar-refractivity contribution in [3.8, 4) is 0 Å². The van der Waals surface area contributed by atoms with Gasteiger partial charge in [0.2, 0.25) is 0 Å². The molecule has 1 heterocycles. The number of nitrogens with zero attached hydrogens (tertiary/aromatic N) is 1. The van der Waals surface area contributed by atoms with Crippen LogP contribution in [-0.4, -0.2) is 54.8 Å². The molecule has 5 aliphatic rings. The number of likely N-dealkylation sites (N-methyl/N-ethyl adjacent to an activating group) is 1. The molecule has 1 saturated heterocycles. The molecular weight excluding hydrogens is 482 g/mol. The Hall–Kier alpha value is -1.21. The molecule has 6 heteroatoms. The van der Waals surface area contributed by atoms with Gasteiger partial charge < -0.3 is 14.1 Å². The van der Waals surface area contributed by atoms with Crippen LogP contribution in [0, 0.1) is 41.4 Å². The number of aliphatic hydroxyl groups excluding tert-OH is 1. The van der Waals surface area contributed by atoms with Gasteiger partial charge in [-0.25, -0.2) is 8.42 Å². The first-order valence-corrected chi connectivity index (χ1v) is 16.0. The minimum Gasteiger partial charge on any atom is -0.744 e. The van der Waals surface area contributed by atoms with Gasteiger partial charge in [-0.05, 0) is 86.7 Å². The summed E-state index contributed by atoms with van der Waals surface area (Å²) in [4.78, 5) is -0.178. The molecule has 1 aromatic rings. The molecule has 4 fully saturated rings. The van der Waals surface area contributed by atoms with Crippen LogP contribution >= 0.6 is 0 Å². The van der Waals surface area contributed by atoms with Gasteiger partial charge in [-0.15, -0.1) is 0 Å². The quantitative estimate of drug-likeness (QED) is 0.304. The second-order valence-electron chi connectivity index (χ2n) is 13.8. The summed E-state index contributed by atoms with van der Waals surface area (Å²) in [6.07, 6.45) is 17.0. The highest BCUT2D eigenvalue weighted by Gasteiger charge is 2.64. The van der Waals surface area contributed by atoms with E-state index in [1.54, 1.807) is 12.1 Å². The maximum Gasteiger partial charge on any atom is 0.124 e. The van der Waals surface area contributed by atoms with Crippen molar-refractivity contribution in [1.29, 1.82) is 0 Å². The molecule has 0 spiro atoms. The lowest BCUT2D eigenvalue weighted by atomic mass is 9.46. The summed E-state index contributed by atoms with van der Waals surface area (Å²) in [5, 5.41) is 11.5. The fraction of sp³-hybridized carbons (Fsp3) is 0.742. The molecule has 3 saturated carbocycles. The Kier molecular flexibility index (Phi) is 7.22. The number of hydrogen-bond donors (Lipinski definition) is 1. The molecular formula is C31H47NO4S. The van der Waals surface area contributed by atoms with E-state index in [-0.39, 0.29) is 16.4 Å². The first-order chi connectivity index (χ1) is 17.4. The Labute approximate surface area is 224 Å². The van der Waals surface area contributed by atoms with Crippen molar-refractivity contribution in [2.24, 2.45) is 34.5 Å². The number of likely N-dealkylation sites (tertiary alicyclic amines) is 1. The van der Waals surface area contributed by atoms with Gasteiger partial charge >= 0.3 is 0 Å². The molecule has 0 aromatic heterocycles. The molecule has 0 radical (unpaired) electrons. The third kappa shape index (κ3) is 4.74. The highest BCUT2D eigenvalue weighted by molar-refractivity contribution is 7.85. The average molecular weight is 530 g/mol. The number of quaternary nitrogens is 1. The van der Waals surface area contributed by atoms with Crippen LogP contribution in [0.25, 0.3) is 0 Å². The molecule has 8 atom stereocenters. The molecule has 0 bridgehead atoms. The molecule has 1 N–H and O–H groups in total. The summed E-state index contributed by atoms with van der Waals surface area (Å²) >= 11 is 0. The first-order valence-electron chi connectivity index (χ1n) is 14.6. The van der Waals surface area contributed by atoms with Crippen molar-refractivity contribution in [2.45, 2.75) is 95.6 Å². The number of hydrogen-bond acceptors (Lipinski definition) is 4. The largest absolute Gasteiger partial charge is 0.744 e. The summed E-state index contributed by atoms with van der Waals surface area (Å²) < 4.78 is 32.3. The number of benzene rings is 1. The zero-order valence-electron chi connectivity index (χ0n) is 23.2. The van der Waals surface area contributed by atoms with Crippen molar-refractivity contribution in [1.82, 2.24) is 0 Å². The van der Waals surface area contributed by atoms with Gasteiger partial charge in [0.05, 0.1) is 25.0 Å². The van der Waals surface area contributed by atoms with Crippen molar-refractivity contribution in [3.05, 3.63) is 42.0 Å². The highest BCUT2D eigenvalue weighted by Crippen LogP contribution is 2.66. The monoisotopic (exact) mass is 529 g/mol. The lowest BCUT2D eigenvalue weighted by Gasteiger charge is -2.59. The summed E-state index contributed by atoms with van der Waals surface area (Å²) in [6.45, 7) is 9.50. The first kappa shape index (κ1) is 27.4. The lowest BCUT2D eigenvalue weighted by Crippen LogP contribution is -2.56. The predicted molar refractivity (Wildman–Crippen MR) is 146 cm³/mol. The third-order valence-electron chi connectivity index (χ3n) is 11.9. The van der Waals surface area contributed by atoms with Gasteiger partial charge in [0.1, 0.15) is 22.3 Å². The maximum absolute atomic E-state index is 11.5. The maximum atomic E-state index is 11.5. The number of fused-ring (bicyclic) bond motifs is 5. The number of aryl methyl sites for hydroxylation is 1. The molecule has 5 nitrogen and oxygen atoms in total. The van der Waals surface area contributed by atoms with Crippen LogP contribution in [0.3, 0.4) is 0 Å². The third-order valence-corrected chi connectivity index (χ3v) is 12.7. The lowest BCUT2D eigenvalue weighted by molar-refractivity contribution is -0.925. The molecule has 6 rings (SSSR count). The van der Waals surface area contributed by atoms with E-state index >= 15 is 0 Å². The SMILES string of the molecule is C[C@]12CCC3C(CC[C@H]4CC=CC[C@]34C)C1C[C@H]([N+]1(C)CCCC1)[C@H]2O.Cc1ccc(S(=O)(=O)[O-])cc1. The predicted octanol–water partition coefficient (Wildman–Crippen LogP) is 5.67. The van der Waals surface area contributed by atoms with Crippen LogP contribution in [0.15, 0.2) is 41.3 Å². The molecule has 4 aliphatic carbocycles. The summed E-state index contributed by atoms with van der Waals surface area (Å²) in [5.41, 5.74) is 1.65. The van der Waals surface area contributed by atoms with Gasteiger partial charge in [0.15, 0.2) is 0 Å². The summed E-state index contributed by atoms with van der Waals surface area (Å²) in [7, 11) is -1.82. The fourth-order valence-electron chi connectivity index (χ4n) is 9.52. The van der Waals surface area contributed by atoms with Crippen molar-refractivity contribution >= 4 is 10.1 Å². The highest BCUT2D eigenvalue weighted by atomic mass is 32.2. The molecule has 1 aromatic carbocycles. The Morgan fingerprint density at radius 2 is 1.65 bits per heavy atom. The second kappa shape index (κ2) is 9.76. The number of allylic oxidation sites excluding steroid dienone is 2. The summed E-state index contributed by atoms with van der Waals surface area (Å²) in [5.74, 6) is 3.46. The van der Waals surface area contributed by atoms with Crippen molar-refractivity contribution in [2.75, 3.05) is 20.1 Å². The fourth-order valence-corrected chi connectivity index (χ4v) is 9.98. The minimum atomic E-state index is -4.27. The topological polar surface area (TPSA) is 77.4 Å². The van der Waals surface area contributed by atoms with Crippen LogP contribution in [-0.2, 0) is 10.1 Å². The molecule has 3 unspecified atom stereocenters. The van der Waals surface area contributed by atoms with E-state index in [0.29, 0.717) is 11.5 Å². The van der Waals surface area contributed by atoms with Gasteiger partial charge in [0.25, 0.3) is 0 Å². The standard InChI is InChI=1S/C24H40NO.C7H8O3S/c1-23-12-5-4-8-17(23)9-10-18-19(23)11-13-24(2)20(18)16-21(22(24)26)25(3)14-6-7-15-25;1-6-2-4-7(5-3-6)11(8,9)10/h4-5,17-22,26H,6-16H2,1-3H3;2-5H,1H3,(H,8,9,10)/q+1;/p-1/t17-,18?,19?,20?,21+,22-,23+,24+;/m1./s1. The van der Waals surface area contributed by atoms with E-state index in [1.165, 1.54) is 83.0 Å². The normalized spacial score (nSPS) is 42.2. The zero-order valence-corrected chi connectivity index (χ0v) is 24.1. The number of aliphatic hydroxyl groups is 1. The Balaban J connectivity index is 0.000000215. The zero-order chi connectivity index (χ0) is 26.6. The average Bonchev–Trinajstić information content (AvgIpc) is 3.41. The van der Waals surface area contributed by atoms with E-state index in [1.807, 2.05) is 6.92 Å². The van der Waals surface area contributed by atoms with Crippen LogP contribution in [0.4, 0.5) is 0 Å².